The molecule has 0 aliphatic carbocycles. The van der Waals surface area contributed by atoms with Gasteiger partial charge in [0.1, 0.15) is 41.9 Å². The zero-order valence-electron chi connectivity index (χ0n) is 23.3. The van der Waals surface area contributed by atoms with Crippen LogP contribution in [0.5, 0.6) is 0 Å². The van der Waals surface area contributed by atoms with E-state index in [0.29, 0.717) is 0 Å². The molecule has 0 spiro atoms. The quantitative estimate of drug-likeness (QED) is 0.102. The highest BCUT2D eigenvalue weighted by atomic mass is 32.5. The van der Waals surface area contributed by atoms with Gasteiger partial charge in [0.15, 0.2) is 24.0 Å². The third-order valence-electron chi connectivity index (χ3n) is 7.54. The molecule has 7 unspecified atom stereocenters. The van der Waals surface area contributed by atoms with Crippen LogP contribution in [-0.4, -0.2) is 135 Å². The number of aromatic nitrogens is 4. The Balaban J connectivity index is 1.45. The van der Waals surface area contributed by atoms with Crippen molar-refractivity contribution in [1.29, 1.82) is 0 Å². The largest absolute Gasteiger partial charge is 0.481 e. The van der Waals surface area contributed by atoms with Crippen molar-refractivity contribution in [2.75, 3.05) is 32.7 Å². The number of phosphoric acid groups is 1. The number of aliphatic hydroxyl groups is 6. The number of rotatable bonds is 12. The molecule has 0 radical (unpaired) electrons. The van der Waals surface area contributed by atoms with Gasteiger partial charge in [-0.3, -0.25) is 9.09 Å². The first-order valence-corrected chi connectivity index (χ1v) is 17.2. The first-order chi connectivity index (χ1) is 20.6. The molecule has 12 atom stereocenters. The maximum absolute atomic E-state index is 12.7. The molecule has 44 heavy (non-hydrogen) atoms. The molecule has 2 aliphatic rings. The summed E-state index contributed by atoms with van der Waals surface area (Å²) in [6.07, 6.45) is -10.6. The van der Waals surface area contributed by atoms with Gasteiger partial charge in [0, 0.05) is 13.0 Å². The molecule has 0 saturated carbocycles. The molecule has 2 saturated heterocycles. The average molecular weight is 692 g/mol. The number of hydrogen-bond donors (Lipinski definition) is 9. The van der Waals surface area contributed by atoms with Crippen molar-refractivity contribution in [2.45, 2.75) is 68.1 Å². The van der Waals surface area contributed by atoms with Gasteiger partial charge in [-0.25, -0.2) is 23.8 Å². The number of nitrogens with zero attached hydrogens (tertiary/aromatic N) is 4. The number of imidazole rings is 1. The van der Waals surface area contributed by atoms with E-state index >= 15 is 0 Å². The van der Waals surface area contributed by atoms with Crippen LogP contribution >= 0.6 is 14.5 Å². The van der Waals surface area contributed by atoms with E-state index in [1.54, 1.807) is 6.92 Å². The van der Waals surface area contributed by atoms with Crippen LogP contribution in [0.4, 0.5) is 5.82 Å². The van der Waals surface area contributed by atoms with Crippen molar-refractivity contribution in [3.05, 3.63) is 12.7 Å². The Bertz CT molecular complexity index is 1390. The molecule has 2 aromatic heterocycles. The van der Waals surface area contributed by atoms with Gasteiger partial charge in [-0.15, -0.1) is 0 Å². The van der Waals surface area contributed by atoms with Crippen LogP contribution in [0.25, 0.3) is 11.2 Å². The van der Waals surface area contributed by atoms with E-state index in [2.05, 4.69) is 19.3 Å². The molecule has 2 aliphatic heterocycles. The fourth-order valence-electron chi connectivity index (χ4n) is 5.10. The monoisotopic (exact) mass is 691 g/mol. The van der Waals surface area contributed by atoms with Gasteiger partial charge in [0.2, 0.25) is 0 Å². The van der Waals surface area contributed by atoms with Crippen LogP contribution in [0.2, 0.25) is 0 Å². The van der Waals surface area contributed by atoms with Gasteiger partial charge < -0.3 is 64.9 Å². The molecule has 10 N–H and O–H groups in total. The van der Waals surface area contributed by atoms with Crippen molar-refractivity contribution in [2.24, 2.45) is 5.92 Å². The predicted molar refractivity (Wildman–Crippen MR) is 148 cm³/mol. The molecule has 23 heteroatoms. The molecule has 2 fully saturated rings. The second kappa shape index (κ2) is 13.8. The highest BCUT2D eigenvalue weighted by Gasteiger charge is 2.57. The Morgan fingerprint density at radius 3 is 2.55 bits per heavy atom. The molecule has 0 bridgehead atoms. The molecule has 250 valence electrons. The standard InChI is InChI=1S/C21H35N5O15P2S/c1-3-21(36-2)16(32)11(39-20(21)26-8-25-12-17(22)23-7-24-18(12)26)6-38-43(35,44)41-42(33,34)40-19-15(31)14(30)13(29)9(5-37-19)10(28)4-27/h7-11,13-16,19-20,27-32H,3-6H2,1-2H3,(H,33,34)(H,35,44)(H2,22,23,24)/t9?,10-,11+,13?,14?,15?,16+,19?,20+,21+,43?/m0/s1. The van der Waals surface area contributed by atoms with E-state index in [0.717, 1.165) is 0 Å². The van der Waals surface area contributed by atoms with Gasteiger partial charge in [-0.1, -0.05) is 6.92 Å². The Hall–Kier alpha value is -1.33. The summed E-state index contributed by atoms with van der Waals surface area (Å²) in [6.45, 7) is -5.05. The number of nitrogen functional groups attached to an aromatic ring is 1. The molecule has 4 heterocycles. The number of aliphatic hydroxyl groups excluding tert-OH is 6. The minimum atomic E-state index is -5.42. The Morgan fingerprint density at radius 1 is 1.20 bits per heavy atom. The Labute approximate surface area is 254 Å². The van der Waals surface area contributed by atoms with Crippen LogP contribution in [-0.2, 0) is 43.9 Å². The predicted octanol–water partition coefficient (Wildman–Crippen LogP) is -2.76. The zero-order chi connectivity index (χ0) is 32.6. The first kappa shape index (κ1) is 35.5. The number of ether oxygens (including phenoxy) is 3. The summed E-state index contributed by atoms with van der Waals surface area (Å²) in [5, 5.41) is 60.9. The van der Waals surface area contributed by atoms with Crippen molar-refractivity contribution >= 4 is 43.3 Å². The van der Waals surface area contributed by atoms with Crippen LogP contribution in [0, 0.1) is 5.92 Å². The summed E-state index contributed by atoms with van der Waals surface area (Å²) in [5.41, 5.74) is 5.03. The van der Waals surface area contributed by atoms with E-state index in [9.17, 15) is 39.9 Å². The Morgan fingerprint density at radius 2 is 1.91 bits per heavy atom. The SMILES string of the molecule is CC[C@@]1(OC)[C@H](O)[C@@H](COP(O)(=S)OP(=O)(O)OC2OCC([C@@H](O)CO)C(O)C(O)C2O)O[C@H]1n1cnc2c(N)ncnc21. The fraction of sp³-hybridized carbons (Fsp3) is 0.762. The third kappa shape index (κ3) is 6.99. The van der Waals surface area contributed by atoms with Crippen molar-refractivity contribution < 1.29 is 72.6 Å². The molecule has 0 aromatic carbocycles. The summed E-state index contributed by atoms with van der Waals surface area (Å²) in [6, 6.07) is 0. The fourth-order valence-corrected chi connectivity index (χ4v) is 8.21. The molecular formula is C21H35N5O15P2S. The van der Waals surface area contributed by atoms with Crippen LogP contribution in [0.1, 0.15) is 19.6 Å². The average Bonchev–Trinajstić information content (AvgIpc) is 3.50. The zero-order valence-corrected chi connectivity index (χ0v) is 25.9. The number of methoxy groups -OCH3 is 1. The number of nitrogens with two attached hydrogens (primary N) is 1. The lowest BCUT2D eigenvalue weighted by Crippen LogP contribution is -2.48. The van der Waals surface area contributed by atoms with Gasteiger partial charge in [0.25, 0.3) is 0 Å². The normalized spacial score (nSPS) is 36.5. The number of phosphoric ester groups is 1. The topological polar surface area (TPSA) is 304 Å². The second-order valence-corrected chi connectivity index (χ2v) is 14.5. The molecule has 20 nitrogen and oxygen atoms in total. The van der Waals surface area contributed by atoms with Gasteiger partial charge in [0.05, 0.1) is 38.4 Å². The van der Waals surface area contributed by atoms with E-state index in [4.69, 9.17) is 45.9 Å². The summed E-state index contributed by atoms with van der Waals surface area (Å²) in [4.78, 5) is 33.1. The maximum atomic E-state index is 12.7. The summed E-state index contributed by atoms with van der Waals surface area (Å²) < 4.78 is 45.6. The lowest BCUT2D eigenvalue weighted by Gasteiger charge is -2.34. The van der Waals surface area contributed by atoms with Crippen molar-refractivity contribution in [3.63, 3.8) is 0 Å². The summed E-state index contributed by atoms with van der Waals surface area (Å²) in [5.74, 6) is -1.20. The minimum absolute atomic E-state index is 0.107. The second-order valence-electron chi connectivity index (χ2n) is 10.1. The van der Waals surface area contributed by atoms with Crippen molar-refractivity contribution in [3.8, 4) is 0 Å². The van der Waals surface area contributed by atoms with Crippen molar-refractivity contribution in [1.82, 2.24) is 19.5 Å². The highest BCUT2D eigenvalue weighted by Crippen LogP contribution is 2.62. The molecular weight excluding hydrogens is 656 g/mol. The van der Waals surface area contributed by atoms with Gasteiger partial charge >= 0.3 is 14.5 Å². The molecule has 0 amide bonds. The minimum Gasteiger partial charge on any atom is -0.394 e. The maximum Gasteiger partial charge on any atom is 0.481 e. The third-order valence-corrected chi connectivity index (χ3v) is 11.1. The summed E-state index contributed by atoms with van der Waals surface area (Å²) in [7, 11) is -4.07. The van der Waals surface area contributed by atoms with E-state index in [1.807, 2.05) is 0 Å². The van der Waals surface area contributed by atoms with E-state index in [1.165, 1.54) is 24.3 Å². The lowest BCUT2D eigenvalue weighted by molar-refractivity contribution is -0.173. The summed E-state index contributed by atoms with van der Waals surface area (Å²) >= 11 is 4.84. The Kier molecular flexibility index (Phi) is 11.1. The first-order valence-electron chi connectivity index (χ1n) is 13.1. The number of anilines is 1. The molecule has 4 rings (SSSR count). The smallest absolute Gasteiger partial charge is 0.394 e. The highest BCUT2D eigenvalue weighted by molar-refractivity contribution is 8.08. The number of fused-ring (bicyclic) bond motifs is 1. The number of hydrogen-bond acceptors (Lipinski definition) is 18. The van der Waals surface area contributed by atoms with Crippen LogP contribution in [0.15, 0.2) is 12.7 Å². The van der Waals surface area contributed by atoms with E-state index < -0.39 is 95.0 Å². The lowest BCUT2D eigenvalue weighted by atomic mass is 9.91. The van der Waals surface area contributed by atoms with E-state index in [-0.39, 0.29) is 23.4 Å². The van der Waals surface area contributed by atoms with Gasteiger partial charge in [-0.2, -0.15) is 0 Å². The van der Waals surface area contributed by atoms with Gasteiger partial charge in [-0.05, 0) is 18.2 Å². The van der Waals surface area contributed by atoms with Crippen LogP contribution in [0.3, 0.4) is 0 Å². The van der Waals surface area contributed by atoms with Crippen LogP contribution < -0.4 is 5.73 Å². The molecule has 2 aromatic rings.